The molecule has 0 saturated carbocycles. The van der Waals surface area contributed by atoms with Crippen molar-refractivity contribution in [1.82, 2.24) is 0 Å². The number of benzene rings is 2. The van der Waals surface area contributed by atoms with Crippen LogP contribution in [0.25, 0.3) is 0 Å². The van der Waals surface area contributed by atoms with E-state index in [2.05, 4.69) is 60.4 Å². The minimum atomic E-state index is 0.101. The molecule has 1 aliphatic heterocycles. The fourth-order valence-electron chi connectivity index (χ4n) is 3.06. The van der Waals surface area contributed by atoms with Crippen LogP contribution in [0.15, 0.2) is 54.6 Å². The van der Waals surface area contributed by atoms with Crippen LogP contribution in [-0.4, -0.2) is 13.1 Å². The van der Waals surface area contributed by atoms with E-state index in [9.17, 15) is 0 Å². The van der Waals surface area contributed by atoms with Crippen molar-refractivity contribution in [2.24, 2.45) is 11.7 Å². The Morgan fingerprint density at radius 3 is 2.55 bits per heavy atom. The lowest BCUT2D eigenvalue weighted by atomic mass is 9.95. The predicted octanol–water partition coefficient (Wildman–Crippen LogP) is 3.39. The third-order valence-corrected chi connectivity index (χ3v) is 4.29. The van der Waals surface area contributed by atoms with Gasteiger partial charge in [0.05, 0.1) is 0 Å². The van der Waals surface area contributed by atoms with Crippen molar-refractivity contribution in [2.75, 3.05) is 18.0 Å². The van der Waals surface area contributed by atoms with Crippen molar-refractivity contribution in [3.63, 3.8) is 0 Å². The first-order valence-electron chi connectivity index (χ1n) is 7.39. The number of hydrogen-bond acceptors (Lipinski definition) is 2. The van der Waals surface area contributed by atoms with E-state index < -0.39 is 0 Å². The molecule has 0 amide bonds. The molecule has 0 spiro atoms. The van der Waals surface area contributed by atoms with Crippen molar-refractivity contribution < 1.29 is 0 Å². The second-order valence-corrected chi connectivity index (χ2v) is 5.74. The summed E-state index contributed by atoms with van der Waals surface area (Å²) in [5, 5.41) is 0. The summed E-state index contributed by atoms with van der Waals surface area (Å²) in [5.74, 6) is 0.434. The van der Waals surface area contributed by atoms with Crippen molar-refractivity contribution in [3.8, 4) is 0 Å². The molecule has 0 bridgehead atoms. The number of rotatable bonds is 4. The van der Waals surface area contributed by atoms with Gasteiger partial charge in [-0.2, -0.15) is 0 Å². The second kappa shape index (κ2) is 5.68. The molecule has 20 heavy (non-hydrogen) atoms. The van der Waals surface area contributed by atoms with Gasteiger partial charge in [0, 0.05) is 24.8 Å². The Kier molecular flexibility index (Phi) is 3.75. The van der Waals surface area contributed by atoms with E-state index in [1.54, 1.807) is 0 Å². The highest BCUT2D eigenvalue weighted by Crippen LogP contribution is 2.30. The van der Waals surface area contributed by atoms with Crippen LogP contribution < -0.4 is 10.6 Å². The summed E-state index contributed by atoms with van der Waals surface area (Å²) in [6.07, 6.45) is 1.16. The molecule has 2 N–H and O–H groups in total. The number of nitrogens with zero attached hydrogens (tertiary/aromatic N) is 1. The molecule has 1 aliphatic rings. The lowest BCUT2D eigenvalue weighted by molar-refractivity contribution is 0.467. The third kappa shape index (κ3) is 2.56. The summed E-state index contributed by atoms with van der Waals surface area (Å²) < 4.78 is 0. The van der Waals surface area contributed by atoms with Gasteiger partial charge in [0.25, 0.3) is 0 Å². The van der Waals surface area contributed by atoms with Crippen molar-refractivity contribution >= 4 is 5.69 Å². The summed E-state index contributed by atoms with van der Waals surface area (Å²) in [6.45, 7) is 4.39. The molecule has 0 radical (unpaired) electrons. The number of nitrogens with two attached hydrogens (primary N) is 1. The zero-order valence-electron chi connectivity index (χ0n) is 12.0. The average molecular weight is 266 g/mol. The summed E-state index contributed by atoms with van der Waals surface area (Å²) in [7, 11) is 0. The van der Waals surface area contributed by atoms with Crippen molar-refractivity contribution in [1.29, 1.82) is 0 Å². The zero-order valence-corrected chi connectivity index (χ0v) is 12.0. The van der Waals surface area contributed by atoms with Crippen LogP contribution in [0.5, 0.6) is 0 Å². The van der Waals surface area contributed by atoms with Crippen molar-refractivity contribution in [2.45, 2.75) is 19.4 Å². The van der Waals surface area contributed by atoms with Crippen LogP contribution in [0.2, 0.25) is 0 Å². The fourth-order valence-corrected chi connectivity index (χ4v) is 3.06. The normalized spacial score (nSPS) is 16.8. The second-order valence-electron chi connectivity index (χ2n) is 5.74. The van der Waals surface area contributed by atoms with Gasteiger partial charge in [-0.15, -0.1) is 0 Å². The minimum Gasteiger partial charge on any atom is -0.371 e. The molecule has 3 rings (SSSR count). The summed E-state index contributed by atoms with van der Waals surface area (Å²) in [6, 6.07) is 19.2. The summed E-state index contributed by atoms with van der Waals surface area (Å²) in [5.41, 5.74) is 10.5. The lowest BCUT2D eigenvalue weighted by Crippen LogP contribution is -2.32. The molecule has 2 aromatic rings. The average Bonchev–Trinajstić information content (AvgIpc) is 2.91. The van der Waals surface area contributed by atoms with E-state index in [4.69, 9.17) is 5.73 Å². The molecule has 2 nitrogen and oxygen atoms in total. The zero-order chi connectivity index (χ0) is 13.9. The van der Waals surface area contributed by atoms with Gasteiger partial charge >= 0.3 is 0 Å². The van der Waals surface area contributed by atoms with Gasteiger partial charge in [-0.3, -0.25) is 0 Å². The SMILES string of the molecule is CC(CN1CCc2ccccc21)C(N)c1ccccc1. The standard InChI is InChI=1S/C18H22N2/c1-14(18(19)16-8-3-2-4-9-16)13-20-12-11-15-7-5-6-10-17(15)20/h2-10,14,18H,11-13,19H2,1H3. The molecule has 2 aromatic carbocycles. The molecule has 2 heteroatoms. The van der Waals surface area contributed by atoms with Crippen LogP contribution in [0.4, 0.5) is 5.69 Å². The number of hydrogen-bond donors (Lipinski definition) is 1. The molecule has 2 atom stereocenters. The number of anilines is 1. The highest BCUT2D eigenvalue weighted by Gasteiger charge is 2.23. The van der Waals surface area contributed by atoms with E-state index in [-0.39, 0.29) is 6.04 Å². The Labute approximate surface area is 121 Å². The number of para-hydroxylation sites is 1. The molecule has 1 heterocycles. The van der Waals surface area contributed by atoms with Crippen LogP contribution in [0.1, 0.15) is 24.1 Å². The Morgan fingerprint density at radius 1 is 1.05 bits per heavy atom. The van der Waals surface area contributed by atoms with Gasteiger partial charge in [0.1, 0.15) is 0 Å². The molecule has 0 saturated heterocycles. The maximum atomic E-state index is 6.41. The van der Waals surface area contributed by atoms with Crippen molar-refractivity contribution in [3.05, 3.63) is 65.7 Å². The summed E-state index contributed by atoms with van der Waals surface area (Å²) in [4.78, 5) is 2.48. The van der Waals surface area contributed by atoms with E-state index in [1.165, 1.54) is 16.8 Å². The molecule has 0 fully saturated rings. The predicted molar refractivity (Wildman–Crippen MR) is 84.9 cm³/mol. The van der Waals surface area contributed by atoms with Crippen LogP contribution in [-0.2, 0) is 6.42 Å². The number of fused-ring (bicyclic) bond motifs is 1. The molecule has 2 unspecified atom stereocenters. The van der Waals surface area contributed by atoms with E-state index in [0.717, 1.165) is 19.5 Å². The smallest absolute Gasteiger partial charge is 0.0399 e. The van der Waals surface area contributed by atoms with E-state index in [0.29, 0.717) is 5.92 Å². The monoisotopic (exact) mass is 266 g/mol. The maximum Gasteiger partial charge on any atom is 0.0399 e. The largest absolute Gasteiger partial charge is 0.371 e. The Bertz CT molecular complexity index is 565. The quantitative estimate of drug-likeness (QED) is 0.919. The highest BCUT2D eigenvalue weighted by atomic mass is 15.1. The topological polar surface area (TPSA) is 29.3 Å². The molecular formula is C18H22N2. The first-order valence-corrected chi connectivity index (χ1v) is 7.39. The van der Waals surface area contributed by atoms with Gasteiger partial charge in [0.15, 0.2) is 0 Å². The molecule has 0 aliphatic carbocycles. The molecule has 104 valence electrons. The first-order chi connectivity index (χ1) is 9.75. The van der Waals surface area contributed by atoms with Gasteiger partial charge in [-0.05, 0) is 29.5 Å². The van der Waals surface area contributed by atoms with Gasteiger partial charge < -0.3 is 10.6 Å². The highest BCUT2D eigenvalue weighted by molar-refractivity contribution is 5.57. The van der Waals surface area contributed by atoms with Crippen LogP contribution in [0.3, 0.4) is 0 Å². The Morgan fingerprint density at radius 2 is 1.75 bits per heavy atom. The van der Waals surface area contributed by atoms with Gasteiger partial charge in [0.2, 0.25) is 0 Å². The Hall–Kier alpha value is -1.80. The third-order valence-electron chi connectivity index (χ3n) is 4.29. The fraction of sp³-hybridized carbons (Fsp3) is 0.333. The van der Waals surface area contributed by atoms with Gasteiger partial charge in [-0.1, -0.05) is 55.5 Å². The first kappa shape index (κ1) is 13.2. The maximum absolute atomic E-state index is 6.41. The molecular weight excluding hydrogens is 244 g/mol. The van der Waals surface area contributed by atoms with Crippen LogP contribution >= 0.6 is 0 Å². The van der Waals surface area contributed by atoms with E-state index >= 15 is 0 Å². The van der Waals surface area contributed by atoms with Gasteiger partial charge in [-0.25, -0.2) is 0 Å². The van der Waals surface area contributed by atoms with Crippen LogP contribution in [0, 0.1) is 5.92 Å². The van der Waals surface area contributed by atoms with E-state index in [1.807, 2.05) is 6.07 Å². The Balaban J connectivity index is 1.70. The molecule has 0 aromatic heterocycles. The lowest BCUT2D eigenvalue weighted by Gasteiger charge is -2.27. The summed E-state index contributed by atoms with van der Waals surface area (Å²) >= 11 is 0. The minimum absolute atomic E-state index is 0.101.